The monoisotopic (exact) mass is 363 g/mol. The molecule has 0 unspecified atom stereocenters. The summed E-state index contributed by atoms with van der Waals surface area (Å²) >= 11 is 0. The largest absolute Gasteiger partial charge is 0.309 e. The van der Waals surface area contributed by atoms with Gasteiger partial charge in [-0.1, -0.05) is 48.2 Å². The molecule has 0 bridgehead atoms. The second-order valence-corrected chi connectivity index (χ2v) is 6.23. The Morgan fingerprint density at radius 2 is 1.75 bits per heavy atom. The molecule has 0 fully saturated rings. The second-order valence-electron chi connectivity index (χ2n) is 6.23. The van der Waals surface area contributed by atoms with E-state index >= 15 is 0 Å². The maximum absolute atomic E-state index is 11.9. The van der Waals surface area contributed by atoms with Crippen molar-refractivity contribution in [1.82, 2.24) is 9.97 Å². The molecule has 2 heterocycles. The highest BCUT2D eigenvalue weighted by Gasteiger charge is 2.12. The Bertz CT molecular complexity index is 1170. The molecule has 28 heavy (non-hydrogen) atoms. The third-order valence-electron chi connectivity index (χ3n) is 4.40. The van der Waals surface area contributed by atoms with Crippen molar-refractivity contribution in [1.29, 1.82) is 0 Å². The fraction of sp³-hybridized carbons (Fsp3) is 0.0417. The topological polar surface area (TPSA) is 46.1 Å². The zero-order chi connectivity index (χ0) is 19.2. The molecule has 1 amide bonds. The molecular weight excluding hydrogens is 346 g/mol. The van der Waals surface area contributed by atoms with E-state index in [-0.39, 0.29) is 0 Å². The first kappa shape index (κ1) is 17.4. The third-order valence-corrected chi connectivity index (χ3v) is 4.40. The second kappa shape index (κ2) is 8.15. The number of hydrogen-bond donors (Lipinski definition) is 0. The zero-order valence-corrected chi connectivity index (χ0v) is 15.1. The molecule has 134 valence electrons. The van der Waals surface area contributed by atoms with Crippen LogP contribution in [0.2, 0.25) is 0 Å². The highest BCUT2D eigenvalue weighted by atomic mass is 16.1. The summed E-state index contributed by atoms with van der Waals surface area (Å²) in [5, 5.41) is 1.05. The minimum atomic E-state index is 0.420. The molecule has 2 aromatic heterocycles. The van der Waals surface area contributed by atoms with Gasteiger partial charge in [0.25, 0.3) is 0 Å². The van der Waals surface area contributed by atoms with Crippen LogP contribution in [0, 0.1) is 11.8 Å². The first-order chi connectivity index (χ1) is 13.8. The molecule has 0 saturated carbocycles. The van der Waals surface area contributed by atoms with Gasteiger partial charge >= 0.3 is 0 Å². The molecule has 0 aliphatic rings. The van der Waals surface area contributed by atoms with Crippen LogP contribution in [0.3, 0.4) is 0 Å². The van der Waals surface area contributed by atoms with Crippen LogP contribution >= 0.6 is 0 Å². The van der Waals surface area contributed by atoms with Crippen LogP contribution in [0.25, 0.3) is 10.9 Å². The third kappa shape index (κ3) is 3.74. The van der Waals surface area contributed by atoms with E-state index in [9.17, 15) is 4.79 Å². The van der Waals surface area contributed by atoms with Crippen molar-refractivity contribution >= 4 is 23.0 Å². The number of aromatic nitrogens is 2. The van der Waals surface area contributed by atoms with E-state index in [4.69, 9.17) is 0 Å². The predicted molar refractivity (Wildman–Crippen MR) is 111 cm³/mol. The van der Waals surface area contributed by atoms with Crippen LogP contribution < -0.4 is 4.90 Å². The van der Waals surface area contributed by atoms with Gasteiger partial charge in [-0.3, -0.25) is 14.8 Å². The summed E-state index contributed by atoms with van der Waals surface area (Å²) in [5.74, 6) is 6.27. The quantitative estimate of drug-likeness (QED) is 0.403. The lowest BCUT2D eigenvalue weighted by Crippen LogP contribution is -2.21. The smallest absolute Gasteiger partial charge is 0.214 e. The Labute approximate surface area is 163 Å². The Balaban J connectivity index is 1.69. The van der Waals surface area contributed by atoms with E-state index < -0.39 is 0 Å². The number of carbonyl (C=O) groups is 1. The van der Waals surface area contributed by atoms with Gasteiger partial charge in [0, 0.05) is 35.1 Å². The maximum atomic E-state index is 11.9. The van der Waals surface area contributed by atoms with Gasteiger partial charge in [0.15, 0.2) is 0 Å². The van der Waals surface area contributed by atoms with Crippen LogP contribution in [0.5, 0.6) is 0 Å². The van der Waals surface area contributed by atoms with Crippen LogP contribution in [-0.4, -0.2) is 16.4 Å². The van der Waals surface area contributed by atoms with E-state index in [0.717, 1.165) is 39.7 Å². The molecule has 0 saturated heterocycles. The van der Waals surface area contributed by atoms with E-state index in [0.29, 0.717) is 6.54 Å². The van der Waals surface area contributed by atoms with Gasteiger partial charge < -0.3 is 4.90 Å². The van der Waals surface area contributed by atoms with Gasteiger partial charge in [0.2, 0.25) is 6.41 Å². The van der Waals surface area contributed by atoms with Crippen molar-refractivity contribution in [3.8, 4) is 11.8 Å². The van der Waals surface area contributed by atoms with Gasteiger partial charge in [0.1, 0.15) is 0 Å². The summed E-state index contributed by atoms with van der Waals surface area (Å²) in [5.41, 5.74) is 4.26. The van der Waals surface area contributed by atoms with Crippen LogP contribution in [0.1, 0.15) is 16.7 Å². The minimum Gasteiger partial charge on any atom is -0.309 e. The molecule has 4 rings (SSSR count). The number of rotatable bonds is 4. The predicted octanol–water partition coefficient (Wildman–Crippen LogP) is 4.19. The summed E-state index contributed by atoms with van der Waals surface area (Å²) in [6, 6.07) is 21.3. The molecule has 0 aliphatic heterocycles. The highest BCUT2D eigenvalue weighted by Crippen LogP contribution is 2.23. The molecule has 0 atom stereocenters. The van der Waals surface area contributed by atoms with Crippen LogP contribution in [0.15, 0.2) is 85.3 Å². The summed E-state index contributed by atoms with van der Waals surface area (Å²) in [6.45, 7) is 0.420. The maximum Gasteiger partial charge on any atom is 0.214 e. The number of para-hydroxylation sites is 2. The van der Waals surface area contributed by atoms with Gasteiger partial charge in [-0.2, -0.15) is 0 Å². The first-order valence-electron chi connectivity index (χ1n) is 8.91. The van der Waals surface area contributed by atoms with Crippen molar-refractivity contribution in [3.63, 3.8) is 0 Å². The molecule has 4 nitrogen and oxygen atoms in total. The minimum absolute atomic E-state index is 0.420. The summed E-state index contributed by atoms with van der Waals surface area (Å²) < 4.78 is 0. The highest BCUT2D eigenvalue weighted by molar-refractivity contribution is 5.84. The Morgan fingerprint density at radius 3 is 2.61 bits per heavy atom. The number of pyridine rings is 2. The number of nitrogens with zero attached hydrogens (tertiary/aromatic N) is 3. The molecule has 2 aromatic carbocycles. The molecule has 4 aromatic rings. The fourth-order valence-electron chi connectivity index (χ4n) is 3.06. The Hall–Kier alpha value is -3.97. The average Bonchev–Trinajstić information content (AvgIpc) is 2.77. The van der Waals surface area contributed by atoms with E-state index in [1.165, 1.54) is 0 Å². The lowest BCUT2D eigenvalue weighted by Gasteiger charge is -2.20. The van der Waals surface area contributed by atoms with E-state index in [1.807, 2.05) is 66.7 Å². The lowest BCUT2D eigenvalue weighted by atomic mass is 10.1. The van der Waals surface area contributed by atoms with Gasteiger partial charge in [-0.25, -0.2) is 0 Å². The molecule has 0 spiro atoms. The summed E-state index contributed by atoms with van der Waals surface area (Å²) in [7, 11) is 0. The molecule has 0 aliphatic carbocycles. The average molecular weight is 363 g/mol. The number of anilines is 1. The molecule has 0 radical (unpaired) electrons. The normalized spacial score (nSPS) is 10.1. The number of carbonyl (C=O) groups excluding carboxylic acids is 1. The number of hydrogen-bond acceptors (Lipinski definition) is 3. The van der Waals surface area contributed by atoms with E-state index in [1.54, 1.807) is 23.5 Å². The van der Waals surface area contributed by atoms with Crippen molar-refractivity contribution in [3.05, 3.63) is 102 Å². The molecule has 4 heteroatoms. The Morgan fingerprint density at radius 1 is 0.893 bits per heavy atom. The summed E-state index contributed by atoms with van der Waals surface area (Å²) in [4.78, 5) is 22.1. The Kier molecular flexibility index (Phi) is 5.08. The SMILES string of the molecule is O=CN(Cc1cccc2cccnc12)c1ccccc1C#Cc1cccnc1. The van der Waals surface area contributed by atoms with Gasteiger partial charge in [0.05, 0.1) is 17.7 Å². The van der Waals surface area contributed by atoms with Crippen molar-refractivity contribution < 1.29 is 4.79 Å². The fourth-order valence-corrected chi connectivity index (χ4v) is 3.06. The number of benzene rings is 2. The first-order valence-corrected chi connectivity index (χ1v) is 8.91. The van der Waals surface area contributed by atoms with Gasteiger partial charge in [-0.15, -0.1) is 0 Å². The van der Waals surface area contributed by atoms with Crippen molar-refractivity contribution in [2.45, 2.75) is 6.54 Å². The van der Waals surface area contributed by atoms with Crippen LogP contribution in [0.4, 0.5) is 5.69 Å². The molecule has 0 N–H and O–H groups in total. The van der Waals surface area contributed by atoms with Crippen LogP contribution in [-0.2, 0) is 11.3 Å². The lowest BCUT2D eigenvalue weighted by molar-refractivity contribution is -0.107. The summed E-state index contributed by atoms with van der Waals surface area (Å²) in [6.07, 6.45) is 6.04. The van der Waals surface area contributed by atoms with Crippen molar-refractivity contribution in [2.75, 3.05) is 4.90 Å². The zero-order valence-electron chi connectivity index (χ0n) is 15.1. The standard InChI is InChI=1S/C24H17N3O/c28-18-27(17-22-9-3-8-21-10-5-15-26-24(21)22)23-11-2-1-7-20(23)13-12-19-6-4-14-25-16-19/h1-11,14-16,18H,17H2. The van der Waals surface area contributed by atoms with Crippen molar-refractivity contribution in [2.24, 2.45) is 0 Å². The molecular formula is C24H17N3O. The van der Waals surface area contributed by atoms with Gasteiger partial charge in [-0.05, 0) is 35.9 Å². The number of amides is 1. The van der Waals surface area contributed by atoms with E-state index in [2.05, 4.69) is 21.8 Å². The number of fused-ring (bicyclic) bond motifs is 1.